The number of hydrogen-bond donors (Lipinski definition) is 4. The molecule has 0 bridgehead atoms. The van der Waals surface area contributed by atoms with E-state index in [4.69, 9.17) is 0 Å². The molecule has 0 aliphatic rings. The van der Waals surface area contributed by atoms with Gasteiger partial charge >= 0.3 is 0 Å². The van der Waals surface area contributed by atoms with Gasteiger partial charge in [-0.25, -0.2) is 0 Å². The molecule has 0 saturated heterocycles. The highest BCUT2D eigenvalue weighted by Crippen LogP contribution is 2.16. The monoisotopic (exact) mass is 676 g/mol. The zero-order valence-corrected chi connectivity index (χ0v) is 29.3. The van der Waals surface area contributed by atoms with Crippen LogP contribution >= 0.6 is 22.7 Å². The predicted molar refractivity (Wildman–Crippen MR) is 206 cm³/mol. The molecule has 0 aliphatic heterocycles. The Balaban J connectivity index is 0.000000731. The molecule has 2 amide bonds. The van der Waals surface area contributed by atoms with Crippen molar-refractivity contribution >= 4 is 66.3 Å². The summed E-state index contributed by atoms with van der Waals surface area (Å²) >= 11 is 2.77. The molecule has 10 heteroatoms. The van der Waals surface area contributed by atoms with Crippen molar-refractivity contribution in [2.75, 3.05) is 10.6 Å². The van der Waals surface area contributed by atoms with Crippen LogP contribution in [-0.2, 0) is 0 Å². The molecule has 0 unspecified atom stereocenters. The molecule has 4 N–H and O–H groups in total. The van der Waals surface area contributed by atoms with Crippen LogP contribution in [0.4, 0.5) is 11.4 Å². The molecule has 2 aromatic carbocycles. The first kappa shape index (κ1) is 42.2. The summed E-state index contributed by atoms with van der Waals surface area (Å²) in [7, 11) is 0. The molecule has 0 saturated carbocycles. The third-order valence-corrected chi connectivity index (χ3v) is 7.30. The maximum Gasteiger partial charge on any atom is 0.261 e. The highest BCUT2D eigenvalue weighted by Gasteiger charge is 2.14. The minimum absolute atomic E-state index is 0. The first-order valence-electron chi connectivity index (χ1n) is 15.4. The third-order valence-electron chi connectivity index (χ3n) is 5.54. The molecule has 0 fully saturated rings. The van der Waals surface area contributed by atoms with Gasteiger partial charge in [-0.15, -0.1) is 22.7 Å². The zero-order chi connectivity index (χ0) is 34.5. The van der Waals surface area contributed by atoms with Crippen molar-refractivity contribution in [3.63, 3.8) is 0 Å². The smallest absolute Gasteiger partial charge is 0.261 e. The van der Waals surface area contributed by atoms with E-state index in [2.05, 4.69) is 20.6 Å². The van der Waals surface area contributed by atoms with Crippen molar-refractivity contribution in [1.29, 1.82) is 0 Å². The summed E-state index contributed by atoms with van der Waals surface area (Å²) in [5.74, 6) is -0.802. The Bertz CT molecular complexity index is 1720. The summed E-state index contributed by atoms with van der Waals surface area (Å²) in [4.78, 5) is 55.1. The second-order valence-corrected chi connectivity index (χ2v) is 9.86. The van der Waals surface area contributed by atoms with Gasteiger partial charge < -0.3 is 20.6 Å². The molecular weight excluding hydrogens is 629 g/mol. The lowest BCUT2D eigenvalue weighted by molar-refractivity contribution is 0.101. The Morgan fingerprint density at radius 2 is 1.02 bits per heavy atom. The van der Waals surface area contributed by atoms with Gasteiger partial charge in [-0.2, -0.15) is 0 Å². The van der Waals surface area contributed by atoms with Crippen LogP contribution in [0, 0.1) is 0 Å². The average molecular weight is 677 g/mol. The number of fused-ring (bicyclic) bond motifs is 2. The van der Waals surface area contributed by atoms with E-state index in [9.17, 15) is 19.2 Å². The number of para-hydroxylation sites is 2. The molecule has 4 aromatic heterocycles. The average Bonchev–Trinajstić information content (AvgIpc) is 3.81. The van der Waals surface area contributed by atoms with Gasteiger partial charge in [0.2, 0.25) is 10.9 Å². The van der Waals surface area contributed by atoms with Gasteiger partial charge in [0.15, 0.2) is 0 Å². The Morgan fingerprint density at radius 1 is 0.574 bits per heavy atom. The van der Waals surface area contributed by atoms with Crippen LogP contribution in [0.3, 0.4) is 0 Å². The molecule has 47 heavy (non-hydrogen) atoms. The number of thiophene rings is 2. The van der Waals surface area contributed by atoms with E-state index < -0.39 is 11.8 Å². The van der Waals surface area contributed by atoms with Crippen molar-refractivity contribution in [1.82, 2.24) is 9.97 Å². The van der Waals surface area contributed by atoms with Crippen LogP contribution in [0.2, 0.25) is 0 Å². The topological polar surface area (TPSA) is 124 Å². The Hall–Kier alpha value is -4.80. The first-order valence-corrected chi connectivity index (χ1v) is 17.2. The highest BCUT2D eigenvalue weighted by molar-refractivity contribution is 7.17. The third kappa shape index (κ3) is 11.8. The minimum atomic E-state index is -0.402. The fraction of sp³-hybridized carbons (Fsp3) is 0.243. The van der Waals surface area contributed by atoms with Crippen molar-refractivity contribution in [3.8, 4) is 0 Å². The lowest BCUT2D eigenvalue weighted by Crippen LogP contribution is -2.21. The van der Waals surface area contributed by atoms with Crippen LogP contribution in [0.5, 0.6) is 0 Å². The number of anilines is 2. The molecule has 8 nitrogen and oxygen atoms in total. The highest BCUT2D eigenvalue weighted by atomic mass is 32.1. The molecule has 0 aliphatic carbocycles. The number of carbonyl (C=O) groups excluding carboxylic acids is 2. The fourth-order valence-electron chi connectivity index (χ4n) is 3.66. The van der Waals surface area contributed by atoms with Crippen molar-refractivity contribution in [2.24, 2.45) is 0 Å². The molecule has 6 rings (SSSR count). The van der Waals surface area contributed by atoms with Crippen LogP contribution in [-0.4, -0.2) is 21.8 Å². The fourth-order valence-corrected chi connectivity index (χ4v) is 5.23. The number of aromatic amines is 2. The maximum atomic E-state index is 12.2. The zero-order valence-electron chi connectivity index (χ0n) is 27.7. The number of aromatic nitrogens is 2. The molecular formula is C37H48N4O4S2. The quantitative estimate of drug-likeness (QED) is 0.148. The standard InChI is InChI=1S/2C14H10N2O2S.4C2H6.CH4/c17-12-10(8-15-11-6-7-19-13(11)12)14(18)16-9-4-2-1-3-5-9;17-12-10-6-7-19-14(10)15-8-11(12)13(18)16-9-4-2-1-3-5-9;4*1-2;/h2*1-8H,(H,15,17)(H,16,18);4*1-2H3;1H4. The predicted octanol–water partition coefficient (Wildman–Crippen LogP) is 10.4. The SMILES string of the molecule is C.CC.CC.CC.CC.O=C(Nc1ccccc1)c1c[nH]c2ccsc2c1=O.O=C(Nc1ccccc1)c1c[nH]c2sccc2c1=O. The van der Waals surface area contributed by atoms with E-state index >= 15 is 0 Å². The number of rotatable bonds is 4. The van der Waals surface area contributed by atoms with Gasteiger partial charge in [-0.1, -0.05) is 99.2 Å². The second-order valence-electron chi connectivity index (χ2n) is 8.03. The number of H-pyrrole nitrogens is 2. The van der Waals surface area contributed by atoms with Crippen LogP contribution in [0.15, 0.2) is 106 Å². The first-order chi connectivity index (χ1) is 22.5. The minimum Gasteiger partial charge on any atom is -0.359 e. The summed E-state index contributed by atoms with van der Waals surface area (Å²) in [6.45, 7) is 16.0. The number of carbonyl (C=O) groups is 2. The largest absolute Gasteiger partial charge is 0.359 e. The molecule has 0 spiro atoms. The lowest BCUT2D eigenvalue weighted by Gasteiger charge is -2.04. The normalized spacial score (nSPS) is 9.02. The second kappa shape index (κ2) is 23.5. The van der Waals surface area contributed by atoms with Gasteiger partial charge in [-0.05, 0) is 47.2 Å². The molecule has 252 valence electrons. The van der Waals surface area contributed by atoms with Crippen molar-refractivity contribution in [2.45, 2.75) is 62.8 Å². The number of amides is 2. The number of hydrogen-bond acceptors (Lipinski definition) is 6. The molecule has 0 atom stereocenters. The summed E-state index contributed by atoms with van der Waals surface area (Å²) in [6, 6.07) is 21.6. The van der Waals surface area contributed by atoms with Crippen LogP contribution in [0.1, 0.15) is 83.5 Å². The molecule has 4 heterocycles. The van der Waals surface area contributed by atoms with Gasteiger partial charge in [0, 0.05) is 23.8 Å². The van der Waals surface area contributed by atoms with E-state index in [0.29, 0.717) is 21.5 Å². The Morgan fingerprint density at radius 3 is 1.53 bits per heavy atom. The van der Waals surface area contributed by atoms with Gasteiger partial charge in [0.05, 0.1) is 15.6 Å². The van der Waals surface area contributed by atoms with Crippen molar-refractivity contribution in [3.05, 3.63) is 128 Å². The molecule has 6 aromatic rings. The maximum absolute atomic E-state index is 12.2. The van der Waals surface area contributed by atoms with Gasteiger partial charge in [-0.3, -0.25) is 19.2 Å². The lowest BCUT2D eigenvalue weighted by atomic mass is 10.2. The number of pyridine rings is 2. The van der Waals surface area contributed by atoms with E-state index in [1.165, 1.54) is 35.1 Å². The van der Waals surface area contributed by atoms with Gasteiger partial charge in [0.1, 0.15) is 16.0 Å². The summed E-state index contributed by atoms with van der Waals surface area (Å²) in [5, 5.41) is 9.59. The van der Waals surface area contributed by atoms with E-state index in [1.807, 2.05) is 109 Å². The van der Waals surface area contributed by atoms with Crippen molar-refractivity contribution < 1.29 is 9.59 Å². The number of benzene rings is 2. The van der Waals surface area contributed by atoms with Gasteiger partial charge in [0.25, 0.3) is 11.8 Å². The van der Waals surface area contributed by atoms with E-state index in [0.717, 1.165) is 10.3 Å². The summed E-state index contributed by atoms with van der Waals surface area (Å²) in [6.07, 6.45) is 2.91. The van der Waals surface area contributed by atoms with Crippen LogP contribution in [0.25, 0.3) is 20.4 Å². The Labute approximate surface area is 285 Å². The Kier molecular flexibility index (Phi) is 21.1. The number of nitrogens with one attached hydrogen (secondary N) is 4. The summed E-state index contributed by atoms with van der Waals surface area (Å²) < 4.78 is 0.570. The van der Waals surface area contributed by atoms with Crippen LogP contribution < -0.4 is 21.5 Å². The van der Waals surface area contributed by atoms with E-state index in [1.54, 1.807) is 30.3 Å². The van der Waals surface area contributed by atoms with E-state index in [-0.39, 0.29) is 29.4 Å². The molecule has 0 radical (unpaired) electrons. The summed E-state index contributed by atoms with van der Waals surface area (Å²) in [5.41, 5.74) is 1.84.